The Kier molecular flexibility index (Phi) is 4.67. The minimum atomic E-state index is -0.197. The van der Waals surface area contributed by atoms with Crippen LogP contribution in [0.4, 0.5) is 10.5 Å². The molecule has 0 atom stereocenters. The fraction of sp³-hybridized carbons (Fsp3) is 0.222. The largest absolute Gasteiger partial charge is 0.329 e. The normalized spacial score (nSPS) is 12.6. The Labute approximate surface area is 140 Å². The van der Waals surface area contributed by atoms with Gasteiger partial charge in [0.1, 0.15) is 0 Å². The molecule has 0 saturated carbocycles. The van der Waals surface area contributed by atoms with Gasteiger partial charge in [0.15, 0.2) is 0 Å². The average Bonchev–Trinajstić information content (AvgIpc) is 3.04. The monoisotopic (exact) mass is 325 g/mol. The maximum absolute atomic E-state index is 12.0. The first kappa shape index (κ1) is 15.6. The number of anilines is 1. The van der Waals surface area contributed by atoms with Crippen LogP contribution in [0.5, 0.6) is 0 Å². The molecule has 1 aliphatic carbocycles. The molecule has 2 N–H and O–H groups in total. The summed E-state index contributed by atoms with van der Waals surface area (Å²) in [4.78, 5) is 16.3. The topological polar surface area (TPSA) is 54.0 Å². The van der Waals surface area contributed by atoms with Crippen molar-refractivity contribution in [2.24, 2.45) is 0 Å². The molecule has 5 heteroatoms. The Morgan fingerprint density at radius 1 is 1.35 bits per heavy atom. The number of hydrogen-bond acceptors (Lipinski definition) is 3. The third-order valence-corrected chi connectivity index (χ3v) is 4.41. The summed E-state index contributed by atoms with van der Waals surface area (Å²) in [6, 6.07) is 8.00. The van der Waals surface area contributed by atoms with Gasteiger partial charge >= 0.3 is 6.03 Å². The number of carbonyl (C=O) groups is 1. The van der Waals surface area contributed by atoms with Gasteiger partial charge in [-0.05, 0) is 54.2 Å². The fourth-order valence-corrected chi connectivity index (χ4v) is 3.25. The summed E-state index contributed by atoms with van der Waals surface area (Å²) in [6.45, 7) is 3.77. The lowest BCUT2D eigenvalue weighted by Crippen LogP contribution is -2.23. The molecule has 23 heavy (non-hydrogen) atoms. The Hall–Kier alpha value is -2.27. The molecule has 0 saturated heterocycles. The summed E-state index contributed by atoms with van der Waals surface area (Å²) >= 11 is 1.28. The van der Waals surface area contributed by atoms with E-state index in [1.807, 2.05) is 18.4 Å². The molecular formula is C18H19N3OS. The lowest BCUT2D eigenvalue weighted by atomic mass is 9.97. The third kappa shape index (κ3) is 3.24. The fourth-order valence-electron chi connectivity index (χ4n) is 3.01. The molecular weight excluding hydrogens is 306 g/mol. The molecule has 0 unspecified atom stereocenters. The van der Waals surface area contributed by atoms with E-state index in [0.29, 0.717) is 0 Å². The first-order valence-electron chi connectivity index (χ1n) is 7.56. The van der Waals surface area contributed by atoms with E-state index in [1.165, 1.54) is 23.1 Å². The van der Waals surface area contributed by atoms with E-state index in [2.05, 4.69) is 33.7 Å². The minimum absolute atomic E-state index is 0.197. The molecule has 1 heterocycles. The van der Waals surface area contributed by atoms with E-state index in [-0.39, 0.29) is 6.03 Å². The van der Waals surface area contributed by atoms with Gasteiger partial charge in [-0.3, -0.25) is 9.71 Å². The van der Waals surface area contributed by atoms with Crippen LogP contribution in [-0.2, 0) is 12.8 Å². The molecule has 0 radical (unpaired) electrons. The summed E-state index contributed by atoms with van der Waals surface area (Å²) in [6.07, 6.45) is 8.52. The zero-order chi connectivity index (χ0) is 16.2. The van der Waals surface area contributed by atoms with Crippen LogP contribution in [0.2, 0.25) is 0 Å². The van der Waals surface area contributed by atoms with Crippen LogP contribution in [0.1, 0.15) is 23.2 Å². The third-order valence-electron chi connectivity index (χ3n) is 4.02. The van der Waals surface area contributed by atoms with Crippen LogP contribution in [0.25, 0.3) is 17.2 Å². The second-order valence-corrected chi connectivity index (χ2v) is 6.03. The van der Waals surface area contributed by atoms with Gasteiger partial charge in [0, 0.05) is 18.0 Å². The average molecular weight is 325 g/mol. The molecule has 0 spiro atoms. The molecule has 1 aromatic carbocycles. The molecule has 0 aliphatic heterocycles. The van der Waals surface area contributed by atoms with Crippen molar-refractivity contribution in [3.63, 3.8) is 0 Å². The molecule has 2 amide bonds. The van der Waals surface area contributed by atoms with Gasteiger partial charge in [-0.1, -0.05) is 30.7 Å². The van der Waals surface area contributed by atoms with Crippen LogP contribution < -0.4 is 10.0 Å². The highest BCUT2D eigenvalue weighted by molar-refractivity contribution is 7.97. The number of rotatable bonds is 4. The van der Waals surface area contributed by atoms with Crippen molar-refractivity contribution in [1.29, 1.82) is 0 Å². The molecule has 0 fully saturated rings. The molecule has 1 aromatic heterocycles. The van der Waals surface area contributed by atoms with Gasteiger partial charge in [0.25, 0.3) is 0 Å². The van der Waals surface area contributed by atoms with E-state index in [0.717, 1.165) is 41.8 Å². The Morgan fingerprint density at radius 3 is 3.00 bits per heavy atom. The second kappa shape index (κ2) is 6.87. The summed E-state index contributed by atoms with van der Waals surface area (Å²) < 4.78 is 2.72. The highest BCUT2D eigenvalue weighted by Gasteiger charge is 2.20. The van der Waals surface area contributed by atoms with E-state index < -0.39 is 0 Å². The summed E-state index contributed by atoms with van der Waals surface area (Å²) in [5, 5.41) is 3.03. The van der Waals surface area contributed by atoms with Crippen LogP contribution >= 0.6 is 11.9 Å². The Bertz CT molecular complexity index is 758. The number of carbonyl (C=O) groups excluding carboxylic acids is 1. The lowest BCUT2D eigenvalue weighted by Gasteiger charge is -2.16. The SMILES string of the molecule is C=Cc1cc(-c2ccc3c(c2NC(=O)NSC)CCC3)ccn1. The van der Waals surface area contributed by atoms with Crippen LogP contribution in [0, 0.1) is 0 Å². The predicted molar refractivity (Wildman–Crippen MR) is 97.5 cm³/mol. The zero-order valence-corrected chi connectivity index (χ0v) is 13.9. The van der Waals surface area contributed by atoms with Gasteiger partial charge in [-0.15, -0.1) is 0 Å². The van der Waals surface area contributed by atoms with Crippen molar-refractivity contribution < 1.29 is 4.79 Å². The van der Waals surface area contributed by atoms with Gasteiger partial charge in [0.2, 0.25) is 0 Å². The number of urea groups is 1. The van der Waals surface area contributed by atoms with Crippen molar-refractivity contribution in [2.45, 2.75) is 19.3 Å². The molecule has 3 rings (SSSR count). The Morgan fingerprint density at radius 2 is 2.22 bits per heavy atom. The first-order chi connectivity index (χ1) is 11.2. The maximum atomic E-state index is 12.0. The number of aryl methyl sites for hydroxylation is 1. The quantitative estimate of drug-likeness (QED) is 0.825. The van der Waals surface area contributed by atoms with Crippen molar-refractivity contribution in [2.75, 3.05) is 11.6 Å². The standard InChI is InChI=1S/C18H19N3OS/c1-3-14-11-13(9-10-19-14)16-8-7-12-5-4-6-15(12)17(16)20-18(22)21-23-2/h3,7-11H,1,4-6H2,2H3,(H2,20,21,22). The summed E-state index contributed by atoms with van der Waals surface area (Å²) in [5.74, 6) is 0. The van der Waals surface area contributed by atoms with Crippen molar-refractivity contribution >= 4 is 29.7 Å². The number of benzene rings is 1. The minimum Gasteiger partial charge on any atom is -0.306 e. The summed E-state index contributed by atoms with van der Waals surface area (Å²) in [7, 11) is 0. The number of nitrogens with zero attached hydrogens (tertiary/aromatic N) is 1. The molecule has 2 aromatic rings. The van der Waals surface area contributed by atoms with Gasteiger partial charge < -0.3 is 5.32 Å². The number of amides is 2. The van der Waals surface area contributed by atoms with Crippen LogP contribution in [0.3, 0.4) is 0 Å². The van der Waals surface area contributed by atoms with Crippen LogP contribution in [-0.4, -0.2) is 17.3 Å². The van der Waals surface area contributed by atoms with Gasteiger partial charge in [0.05, 0.1) is 11.4 Å². The van der Waals surface area contributed by atoms with Gasteiger partial charge in [-0.25, -0.2) is 4.79 Å². The van der Waals surface area contributed by atoms with E-state index in [4.69, 9.17) is 0 Å². The maximum Gasteiger partial charge on any atom is 0.329 e. The number of pyridine rings is 1. The second-order valence-electron chi connectivity index (χ2n) is 5.41. The van der Waals surface area contributed by atoms with Crippen molar-refractivity contribution in [1.82, 2.24) is 9.71 Å². The van der Waals surface area contributed by atoms with Crippen molar-refractivity contribution in [3.8, 4) is 11.1 Å². The van der Waals surface area contributed by atoms with Crippen LogP contribution in [0.15, 0.2) is 37.0 Å². The number of nitrogens with one attached hydrogen (secondary N) is 2. The lowest BCUT2D eigenvalue weighted by molar-refractivity contribution is 0.257. The first-order valence-corrected chi connectivity index (χ1v) is 8.79. The molecule has 1 aliphatic rings. The smallest absolute Gasteiger partial charge is 0.306 e. The van der Waals surface area contributed by atoms with Gasteiger partial charge in [-0.2, -0.15) is 0 Å². The molecule has 4 nitrogen and oxygen atoms in total. The number of fused-ring (bicyclic) bond motifs is 1. The molecule has 118 valence electrons. The molecule has 0 bridgehead atoms. The zero-order valence-electron chi connectivity index (χ0n) is 13.1. The van der Waals surface area contributed by atoms with E-state index in [9.17, 15) is 4.79 Å². The predicted octanol–water partition coefficient (Wildman–Crippen LogP) is 4.28. The van der Waals surface area contributed by atoms with Crippen molar-refractivity contribution in [3.05, 3.63) is 53.9 Å². The summed E-state index contributed by atoms with van der Waals surface area (Å²) in [5.41, 5.74) is 6.36. The van der Waals surface area contributed by atoms with E-state index >= 15 is 0 Å². The Balaban J connectivity index is 2.08. The number of aromatic nitrogens is 1. The number of hydrogen-bond donors (Lipinski definition) is 2. The van der Waals surface area contributed by atoms with E-state index in [1.54, 1.807) is 12.3 Å². The highest BCUT2D eigenvalue weighted by atomic mass is 32.2. The highest BCUT2D eigenvalue weighted by Crippen LogP contribution is 2.37.